The maximum atomic E-state index is 12.6. The summed E-state index contributed by atoms with van der Waals surface area (Å²) in [7, 11) is 0. The van der Waals surface area contributed by atoms with E-state index in [4.69, 9.17) is 0 Å². The molecule has 0 aromatic heterocycles. The van der Waals surface area contributed by atoms with Crippen molar-refractivity contribution < 1.29 is 20.1 Å². The molecule has 0 saturated carbocycles. The molecule has 3 unspecified atom stereocenters. The van der Waals surface area contributed by atoms with Gasteiger partial charge in [-0.3, -0.25) is 4.79 Å². The van der Waals surface area contributed by atoms with E-state index in [1.807, 2.05) is 6.08 Å². The van der Waals surface area contributed by atoms with Gasteiger partial charge in [0, 0.05) is 0 Å². The first-order valence-electron chi connectivity index (χ1n) is 33.1. The van der Waals surface area contributed by atoms with Gasteiger partial charge in [0.15, 0.2) is 0 Å². The van der Waals surface area contributed by atoms with Crippen LogP contribution in [0.5, 0.6) is 0 Å². The molecular formula is C67H131NO4. The van der Waals surface area contributed by atoms with Crippen LogP contribution in [0.4, 0.5) is 0 Å². The monoisotopic (exact) mass is 1010 g/mol. The van der Waals surface area contributed by atoms with Crippen LogP contribution in [0.25, 0.3) is 0 Å². The Hall–Kier alpha value is -1.17. The van der Waals surface area contributed by atoms with E-state index in [0.29, 0.717) is 6.42 Å². The number of unbranched alkanes of at least 4 members (excludes halogenated alkanes) is 51. The second kappa shape index (κ2) is 62.4. The number of allylic oxidation sites excluding steroid dienone is 3. The van der Waals surface area contributed by atoms with Gasteiger partial charge in [-0.05, 0) is 44.9 Å². The second-order valence-electron chi connectivity index (χ2n) is 23.1. The molecule has 4 N–H and O–H groups in total. The molecule has 0 saturated heterocycles. The van der Waals surface area contributed by atoms with Gasteiger partial charge in [0.2, 0.25) is 5.91 Å². The van der Waals surface area contributed by atoms with Crippen LogP contribution in [-0.2, 0) is 4.79 Å². The molecule has 0 aromatic rings. The Bertz CT molecular complexity index is 1080. The van der Waals surface area contributed by atoms with Crippen LogP contribution in [0.15, 0.2) is 24.3 Å². The number of hydrogen-bond donors (Lipinski definition) is 4. The molecule has 0 bridgehead atoms. The molecule has 5 nitrogen and oxygen atoms in total. The Kier molecular flexibility index (Phi) is 61.4. The number of carbonyl (C=O) groups is 1. The summed E-state index contributed by atoms with van der Waals surface area (Å²) < 4.78 is 0. The first-order valence-corrected chi connectivity index (χ1v) is 33.1. The molecular weight excluding hydrogens is 883 g/mol. The van der Waals surface area contributed by atoms with Gasteiger partial charge in [0.05, 0.1) is 31.3 Å². The molecule has 0 spiro atoms. The summed E-state index contributed by atoms with van der Waals surface area (Å²) in [6, 6.07) is -0.744. The predicted octanol–water partition coefficient (Wildman–Crippen LogP) is 21.2. The van der Waals surface area contributed by atoms with Gasteiger partial charge in [-0.25, -0.2) is 0 Å². The molecule has 0 aromatic carbocycles. The number of rotatable bonds is 62. The van der Waals surface area contributed by atoms with Crippen molar-refractivity contribution in [1.29, 1.82) is 0 Å². The van der Waals surface area contributed by atoms with Gasteiger partial charge in [0.25, 0.3) is 0 Å². The van der Waals surface area contributed by atoms with Gasteiger partial charge in [0.1, 0.15) is 0 Å². The minimum atomic E-state index is -0.929. The fourth-order valence-corrected chi connectivity index (χ4v) is 10.7. The number of hydrogen-bond acceptors (Lipinski definition) is 4. The van der Waals surface area contributed by atoms with Crippen LogP contribution in [0.2, 0.25) is 0 Å². The quantitative estimate of drug-likeness (QED) is 0.0361. The van der Waals surface area contributed by atoms with Crippen LogP contribution in [0, 0.1) is 0 Å². The SMILES string of the molecule is CCCCCCCCCCCCCCCCCC/C=C\CCCCCCCCCCCCCCCCCC(O)CC(=O)NC(CO)C(O)/C=C/CCCCCCCCCCCCCCCCCCCCCC. The minimum Gasteiger partial charge on any atom is -0.394 e. The third-order valence-electron chi connectivity index (χ3n) is 15.7. The van der Waals surface area contributed by atoms with Gasteiger partial charge in [-0.15, -0.1) is 0 Å². The summed E-state index contributed by atoms with van der Waals surface area (Å²) in [4.78, 5) is 12.6. The fourth-order valence-electron chi connectivity index (χ4n) is 10.7. The average molecular weight is 1010 g/mol. The Morgan fingerprint density at radius 1 is 0.347 bits per heavy atom. The zero-order valence-corrected chi connectivity index (χ0v) is 49.1. The smallest absolute Gasteiger partial charge is 0.222 e. The van der Waals surface area contributed by atoms with Gasteiger partial charge in [-0.1, -0.05) is 346 Å². The topological polar surface area (TPSA) is 89.8 Å². The van der Waals surface area contributed by atoms with Gasteiger partial charge in [-0.2, -0.15) is 0 Å². The van der Waals surface area contributed by atoms with Crippen LogP contribution in [0.1, 0.15) is 373 Å². The molecule has 0 aliphatic carbocycles. The summed E-state index contributed by atoms with van der Waals surface area (Å²) in [5.74, 6) is -0.308. The molecule has 0 fully saturated rings. The molecule has 0 aliphatic rings. The standard InChI is InChI=1S/C67H131NO4/c1-3-5-7-9-11-13-15-17-19-21-23-25-27-28-29-30-31-32-33-34-35-36-37-38-39-40-42-44-46-48-50-52-54-56-58-60-64(70)62-67(72)68-65(63-69)66(71)61-59-57-55-53-51-49-47-45-43-41-26-24-22-20-18-16-14-12-10-8-6-4-2/h32-33,59,61,64-66,69-71H,3-31,34-58,60,62-63H2,1-2H3,(H,68,72)/b33-32-,61-59+. The van der Waals surface area contributed by atoms with E-state index in [0.717, 1.165) is 25.7 Å². The molecule has 0 aliphatic heterocycles. The Morgan fingerprint density at radius 2 is 0.583 bits per heavy atom. The van der Waals surface area contributed by atoms with Crippen molar-refractivity contribution in [2.24, 2.45) is 0 Å². The molecule has 428 valence electrons. The Morgan fingerprint density at radius 3 is 0.847 bits per heavy atom. The zero-order valence-electron chi connectivity index (χ0n) is 49.1. The molecule has 5 heteroatoms. The molecule has 0 rings (SSSR count). The third-order valence-corrected chi connectivity index (χ3v) is 15.7. The molecule has 1 amide bonds. The van der Waals surface area contributed by atoms with E-state index in [1.54, 1.807) is 6.08 Å². The number of aliphatic hydroxyl groups excluding tert-OH is 3. The largest absolute Gasteiger partial charge is 0.394 e. The van der Waals surface area contributed by atoms with E-state index >= 15 is 0 Å². The van der Waals surface area contributed by atoms with Crippen LogP contribution in [0.3, 0.4) is 0 Å². The highest BCUT2D eigenvalue weighted by Crippen LogP contribution is 2.19. The normalized spacial score (nSPS) is 13.2. The van der Waals surface area contributed by atoms with E-state index in [9.17, 15) is 20.1 Å². The molecule has 72 heavy (non-hydrogen) atoms. The Labute approximate surface area is 452 Å². The molecule has 3 atom stereocenters. The predicted molar refractivity (Wildman–Crippen MR) is 319 cm³/mol. The maximum Gasteiger partial charge on any atom is 0.222 e. The summed E-state index contributed by atoms with van der Waals surface area (Å²) in [6.45, 7) is 4.26. The van der Waals surface area contributed by atoms with E-state index in [2.05, 4.69) is 31.3 Å². The van der Waals surface area contributed by atoms with Crippen molar-refractivity contribution in [1.82, 2.24) is 5.32 Å². The van der Waals surface area contributed by atoms with Gasteiger partial charge >= 0.3 is 0 Å². The number of nitrogens with one attached hydrogen (secondary N) is 1. The Balaban J connectivity index is 3.48. The van der Waals surface area contributed by atoms with E-state index in [1.165, 1.54) is 321 Å². The average Bonchev–Trinajstić information content (AvgIpc) is 3.38. The lowest BCUT2D eigenvalue weighted by Gasteiger charge is -2.21. The second-order valence-corrected chi connectivity index (χ2v) is 23.1. The first-order chi connectivity index (χ1) is 35.5. The zero-order chi connectivity index (χ0) is 52.2. The highest BCUT2D eigenvalue weighted by Gasteiger charge is 2.20. The summed E-state index contributed by atoms with van der Waals surface area (Å²) in [5, 5.41) is 33.6. The van der Waals surface area contributed by atoms with Crippen molar-refractivity contribution in [3.8, 4) is 0 Å². The minimum absolute atomic E-state index is 0.0175. The number of carbonyl (C=O) groups excluding carboxylic acids is 1. The molecule has 0 radical (unpaired) electrons. The van der Waals surface area contributed by atoms with E-state index < -0.39 is 18.2 Å². The van der Waals surface area contributed by atoms with Crippen LogP contribution >= 0.6 is 0 Å². The van der Waals surface area contributed by atoms with Crippen molar-refractivity contribution in [3.63, 3.8) is 0 Å². The maximum absolute atomic E-state index is 12.6. The van der Waals surface area contributed by atoms with Crippen molar-refractivity contribution in [2.75, 3.05) is 6.61 Å². The lowest BCUT2D eigenvalue weighted by Crippen LogP contribution is -2.45. The van der Waals surface area contributed by atoms with Crippen molar-refractivity contribution in [2.45, 2.75) is 392 Å². The van der Waals surface area contributed by atoms with E-state index in [-0.39, 0.29) is 18.9 Å². The van der Waals surface area contributed by atoms with Gasteiger partial charge < -0.3 is 20.6 Å². The molecule has 0 heterocycles. The lowest BCUT2D eigenvalue weighted by molar-refractivity contribution is -0.124. The highest BCUT2D eigenvalue weighted by molar-refractivity contribution is 5.76. The van der Waals surface area contributed by atoms with Crippen LogP contribution in [-0.4, -0.2) is 46.1 Å². The highest BCUT2D eigenvalue weighted by atomic mass is 16.3. The summed E-state index contributed by atoms with van der Waals surface area (Å²) >= 11 is 0. The number of aliphatic hydroxyl groups is 3. The fraction of sp³-hybridized carbons (Fsp3) is 0.925. The summed E-state index contributed by atoms with van der Waals surface area (Å²) in [6.07, 6.45) is 81.3. The van der Waals surface area contributed by atoms with Crippen LogP contribution < -0.4 is 5.32 Å². The lowest BCUT2D eigenvalue weighted by atomic mass is 10.0. The van der Waals surface area contributed by atoms with Crippen molar-refractivity contribution in [3.05, 3.63) is 24.3 Å². The summed E-state index contributed by atoms with van der Waals surface area (Å²) in [5.41, 5.74) is 0. The first kappa shape index (κ1) is 70.8. The number of amides is 1. The third kappa shape index (κ3) is 58.1. The van der Waals surface area contributed by atoms with Crippen molar-refractivity contribution >= 4 is 5.91 Å².